The van der Waals surface area contributed by atoms with Crippen molar-refractivity contribution in [2.45, 2.75) is 45.1 Å². The molecule has 6 nitrogen and oxygen atoms in total. The number of nitro groups is 1. The number of nitrogens with zero attached hydrogens (tertiary/aromatic N) is 2. The third-order valence-corrected chi connectivity index (χ3v) is 3.62. The Labute approximate surface area is 112 Å². The number of rotatable bonds is 4. The molecular weight excluding hydrogens is 246 g/mol. The van der Waals surface area contributed by atoms with Crippen LogP contribution in [0.2, 0.25) is 0 Å². The predicted octanol–water partition coefficient (Wildman–Crippen LogP) is 2.92. The first kappa shape index (κ1) is 13.6. The summed E-state index contributed by atoms with van der Waals surface area (Å²) in [6, 6.07) is 2.58. The lowest BCUT2D eigenvalue weighted by Crippen LogP contribution is -2.25. The number of anilines is 1. The van der Waals surface area contributed by atoms with Crippen LogP contribution in [0, 0.1) is 16.0 Å². The van der Waals surface area contributed by atoms with Gasteiger partial charge in [0.2, 0.25) is 5.88 Å². The van der Waals surface area contributed by atoms with Crippen LogP contribution >= 0.6 is 0 Å². The molecule has 1 aliphatic carbocycles. The van der Waals surface area contributed by atoms with Crippen molar-refractivity contribution in [1.29, 1.82) is 0 Å². The summed E-state index contributed by atoms with van der Waals surface area (Å²) >= 11 is 0. The first-order chi connectivity index (χ1) is 9.08. The normalized spacial score (nSPS) is 23.0. The fourth-order valence-corrected chi connectivity index (χ4v) is 2.57. The van der Waals surface area contributed by atoms with Gasteiger partial charge in [0.05, 0.1) is 17.1 Å². The van der Waals surface area contributed by atoms with Crippen molar-refractivity contribution in [3.63, 3.8) is 0 Å². The fraction of sp³-hybridized carbons (Fsp3) is 0.615. The molecule has 0 amide bonds. The molecule has 0 aromatic carbocycles. The van der Waals surface area contributed by atoms with Crippen molar-refractivity contribution in [2.24, 2.45) is 5.92 Å². The van der Waals surface area contributed by atoms with Gasteiger partial charge in [-0.3, -0.25) is 10.1 Å². The van der Waals surface area contributed by atoms with Crippen molar-refractivity contribution in [3.8, 4) is 5.88 Å². The minimum absolute atomic E-state index is 0.0784. The summed E-state index contributed by atoms with van der Waals surface area (Å²) in [5.74, 6) is 1.05. The van der Waals surface area contributed by atoms with Gasteiger partial charge in [0, 0.05) is 0 Å². The maximum atomic E-state index is 10.8. The highest BCUT2D eigenvalue weighted by molar-refractivity contribution is 5.45. The Morgan fingerprint density at radius 2 is 2.32 bits per heavy atom. The van der Waals surface area contributed by atoms with Crippen molar-refractivity contribution in [3.05, 3.63) is 22.2 Å². The van der Waals surface area contributed by atoms with Crippen molar-refractivity contribution >= 4 is 11.5 Å². The van der Waals surface area contributed by atoms with Crippen LogP contribution in [0.15, 0.2) is 12.1 Å². The molecule has 0 bridgehead atoms. The maximum absolute atomic E-state index is 10.8. The smallest absolute Gasteiger partial charge is 0.278 e. The highest BCUT2D eigenvalue weighted by atomic mass is 16.6. The average Bonchev–Trinajstić information content (AvgIpc) is 2.38. The Kier molecular flexibility index (Phi) is 4.19. The van der Waals surface area contributed by atoms with Gasteiger partial charge in [-0.15, -0.1) is 0 Å². The van der Waals surface area contributed by atoms with E-state index < -0.39 is 4.92 Å². The van der Waals surface area contributed by atoms with Gasteiger partial charge in [-0.1, -0.05) is 19.8 Å². The van der Waals surface area contributed by atoms with Crippen LogP contribution in [0.25, 0.3) is 0 Å². The molecule has 19 heavy (non-hydrogen) atoms. The van der Waals surface area contributed by atoms with E-state index in [-0.39, 0.29) is 23.5 Å². The number of pyridine rings is 1. The van der Waals surface area contributed by atoms with E-state index >= 15 is 0 Å². The molecular formula is C13H19N3O3. The van der Waals surface area contributed by atoms with Gasteiger partial charge in [0.15, 0.2) is 0 Å². The second kappa shape index (κ2) is 5.86. The van der Waals surface area contributed by atoms with Gasteiger partial charge in [-0.2, -0.15) is 4.98 Å². The van der Waals surface area contributed by atoms with Gasteiger partial charge in [-0.05, 0) is 25.2 Å². The second-order valence-electron chi connectivity index (χ2n) is 5.03. The van der Waals surface area contributed by atoms with Gasteiger partial charge in [0.25, 0.3) is 5.69 Å². The highest BCUT2D eigenvalue weighted by Gasteiger charge is 2.23. The predicted molar refractivity (Wildman–Crippen MR) is 72.0 cm³/mol. The van der Waals surface area contributed by atoms with Crippen LogP contribution in [0.3, 0.4) is 0 Å². The van der Waals surface area contributed by atoms with E-state index in [1.54, 1.807) is 0 Å². The van der Waals surface area contributed by atoms with Crippen molar-refractivity contribution in [1.82, 2.24) is 4.98 Å². The summed E-state index contributed by atoms with van der Waals surface area (Å²) in [4.78, 5) is 14.3. The Morgan fingerprint density at radius 3 is 3.00 bits per heavy atom. The number of nitrogen functional groups attached to an aromatic ring is 1. The number of hydrogen-bond donors (Lipinski definition) is 1. The van der Waals surface area contributed by atoms with Crippen LogP contribution in [-0.2, 0) is 0 Å². The first-order valence-electron chi connectivity index (χ1n) is 6.67. The standard InChI is InChI=1S/C13H19N3O3/c1-2-9-4-3-5-11(6-9)19-13-8-10(16(17)18)7-12(14)15-13/h7-9,11H,2-6H2,1H3,(H2,14,15). The highest BCUT2D eigenvalue weighted by Crippen LogP contribution is 2.30. The number of ether oxygens (including phenoxy) is 1. The summed E-state index contributed by atoms with van der Waals surface area (Å²) < 4.78 is 5.76. The molecule has 2 atom stereocenters. The SMILES string of the molecule is CCC1CCCC(Oc2cc([N+](=O)[O-])cc(N)n2)C1. The summed E-state index contributed by atoms with van der Waals surface area (Å²) in [7, 11) is 0. The van der Waals surface area contributed by atoms with E-state index in [4.69, 9.17) is 10.5 Å². The van der Waals surface area contributed by atoms with Crippen LogP contribution in [0.1, 0.15) is 39.0 Å². The summed E-state index contributed by atoms with van der Waals surface area (Å²) in [5, 5.41) is 10.8. The van der Waals surface area contributed by atoms with Crippen LogP contribution in [0.5, 0.6) is 5.88 Å². The zero-order chi connectivity index (χ0) is 13.8. The molecule has 2 unspecified atom stereocenters. The van der Waals surface area contributed by atoms with Gasteiger partial charge >= 0.3 is 0 Å². The average molecular weight is 265 g/mol. The molecule has 1 aliphatic rings. The molecule has 1 aromatic rings. The maximum Gasteiger partial charge on any atom is 0.278 e. The van der Waals surface area contributed by atoms with Crippen LogP contribution < -0.4 is 10.5 Å². The zero-order valence-electron chi connectivity index (χ0n) is 11.0. The summed E-state index contributed by atoms with van der Waals surface area (Å²) in [5.41, 5.74) is 5.48. The monoisotopic (exact) mass is 265 g/mol. The molecule has 6 heteroatoms. The third-order valence-electron chi connectivity index (χ3n) is 3.62. The zero-order valence-corrected chi connectivity index (χ0v) is 11.0. The number of hydrogen-bond acceptors (Lipinski definition) is 5. The van der Waals surface area contributed by atoms with E-state index in [1.807, 2.05) is 0 Å². The molecule has 0 radical (unpaired) electrons. The number of nitrogens with two attached hydrogens (primary N) is 1. The number of aromatic nitrogens is 1. The lowest BCUT2D eigenvalue weighted by atomic mass is 9.85. The van der Waals surface area contributed by atoms with E-state index in [1.165, 1.54) is 18.6 Å². The minimum atomic E-state index is -0.485. The first-order valence-corrected chi connectivity index (χ1v) is 6.67. The summed E-state index contributed by atoms with van der Waals surface area (Å²) in [6.45, 7) is 2.18. The molecule has 1 fully saturated rings. The molecule has 2 N–H and O–H groups in total. The van der Waals surface area contributed by atoms with E-state index in [9.17, 15) is 10.1 Å². The lowest BCUT2D eigenvalue weighted by Gasteiger charge is -2.28. The van der Waals surface area contributed by atoms with Crippen molar-refractivity contribution < 1.29 is 9.66 Å². The largest absolute Gasteiger partial charge is 0.474 e. The van der Waals surface area contributed by atoms with Crippen LogP contribution in [0.4, 0.5) is 11.5 Å². The Bertz CT molecular complexity index is 464. The Hall–Kier alpha value is -1.85. The Morgan fingerprint density at radius 1 is 1.53 bits per heavy atom. The van der Waals surface area contributed by atoms with E-state index in [0.717, 1.165) is 25.7 Å². The van der Waals surface area contributed by atoms with E-state index in [0.29, 0.717) is 5.92 Å². The molecule has 0 aliphatic heterocycles. The van der Waals surface area contributed by atoms with Crippen LogP contribution in [-0.4, -0.2) is 16.0 Å². The van der Waals surface area contributed by atoms with E-state index in [2.05, 4.69) is 11.9 Å². The lowest BCUT2D eigenvalue weighted by molar-refractivity contribution is -0.384. The topological polar surface area (TPSA) is 91.3 Å². The summed E-state index contributed by atoms with van der Waals surface area (Å²) in [6.07, 6.45) is 5.56. The molecule has 104 valence electrons. The molecule has 2 rings (SSSR count). The molecule has 1 saturated carbocycles. The molecule has 0 spiro atoms. The molecule has 1 aromatic heterocycles. The molecule has 1 heterocycles. The minimum Gasteiger partial charge on any atom is -0.474 e. The fourth-order valence-electron chi connectivity index (χ4n) is 2.57. The third kappa shape index (κ3) is 3.56. The van der Waals surface area contributed by atoms with Gasteiger partial charge in [0.1, 0.15) is 11.9 Å². The second-order valence-corrected chi connectivity index (χ2v) is 5.03. The quantitative estimate of drug-likeness (QED) is 0.667. The molecule has 0 saturated heterocycles. The van der Waals surface area contributed by atoms with Crippen molar-refractivity contribution in [2.75, 3.05) is 5.73 Å². The van der Waals surface area contributed by atoms with Gasteiger partial charge in [-0.25, -0.2) is 0 Å². The Balaban J connectivity index is 2.08. The van der Waals surface area contributed by atoms with Gasteiger partial charge < -0.3 is 10.5 Å².